The molecule has 0 aromatic carbocycles. The average molecular weight is 240 g/mol. The number of hydrogen-bond donors (Lipinski definition) is 2. The molecule has 2 N–H and O–H groups in total. The number of amides is 1. The molecule has 1 amide bonds. The van der Waals surface area contributed by atoms with Crippen LogP contribution in [0, 0.1) is 0 Å². The van der Waals surface area contributed by atoms with E-state index in [0.717, 1.165) is 0 Å². The molecule has 0 fully saturated rings. The zero-order chi connectivity index (χ0) is 12.8. The minimum Gasteiger partial charge on any atom is -0.340 e. The van der Waals surface area contributed by atoms with Gasteiger partial charge in [0.15, 0.2) is 0 Å². The number of nitrogens with one attached hydrogen (secondary N) is 2. The predicted octanol–water partition coefficient (Wildman–Crippen LogP) is 0.622. The van der Waals surface area contributed by atoms with Crippen LogP contribution >= 0.6 is 0 Å². The van der Waals surface area contributed by atoms with Gasteiger partial charge in [-0.05, 0) is 13.5 Å². The number of alkyl halides is 3. The second-order valence-electron chi connectivity index (χ2n) is 3.29. The van der Waals surface area contributed by atoms with Crippen LogP contribution < -0.4 is 10.6 Å². The lowest BCUT2D eigenvalue weighted by molar-refractivity contribution is -0.146. The summed E-state index contributed by atoms with van der Waals surface area (Å²) in [4.78, 5) is 22.4. The molecule has 0 saturated heterocycles. The Morgan fingerprint density at radius 2 is 1.88 bits per heavy atom. The highest BCUT2D eigenvalue weighted by Crippen LogP contribution is 2.12. The number of carbonyl (C=O) groups excluding carboxylic acids is 2. The highest BCUT2D eigenvalue weighted by molar-refractivity contribution is 6.38. The molecule has 16 heavy (non-hydrogen) atoms. The molecule has 0 aliphatic carbocycles. The van der Waals surface area contributed by atoms with Crippen LogP contribution in [0.1, 0.15) is 19.8 Å². The predicted molar refractivity (Wildman–Crippen MR) is 51.8 cm³/mol. The molecular weight excluding hydrogens is 225 g/mol. The summed E-state index contributed by atoms with van der Waals surface area (Å²) < 4.78 is 35.3. The maximum atomic E-state index is 11.8. The van der Waals surface area contributed by atoms with E-state index in [9.17, 15) is 22.8 Å². The van der Waals surface area contributed by atoms with E-state index in [0.29, 0.717) is 12.8 Å². The van der Waals surface area contributed by atoms with E-state index in [1.807, 2.05) is 6.92 Å². The molecule has 1 unspecified atom stereocenters. The Balaban J connectivity index is 4.21. The Bertz CT molecular complexity index is 254. The van der Waals surface area contributed by atoms with Crippen molar-refractivity contribution >= 4 is 11.7 Å². The standard InChI is InChI=1S/C9H15F3N2O2/c1-3-4-6(13-2)7(15)8(16)14-5-9(10,11)12/h6,13H,3-5H2,1-2H3,(H,14,16). The van der Waals surface area contributed by atoms with E-state index < -0.39 is 30.5 Å². The summed E-state index contributed by atoms with van der Waals surface area (Å²) >= 11 is 0. The molecule has 0 saturated carbocycles. The normalized spacial score (nSPS) is 13.3. The number of likely N-dealkylation sites (N-methyl/N-ethyl adjacent to an activating group) is 1. The van der Waals surface area contributed by atoms with Crippen LogP contribution in [-0.2, 0) is 9.59 Å². The van der Waals surface area contributed by atoms with Crippen molar-refractivity contribution < 1.29 is 22.8 Å². The second kappa shape index (κ2) is 6.47. The third-order valence-electron chi connectivity index (χ3n) is 1.92. The van der Waals surface area contributed by atoms with Gasteiger partial charge in [0.05, 0.1) is 6.04 Å². The molecule has 1 atom stereocenters. The van der Waals surface area contributed by atoms with Gasteiger partial charge in [0.1, 0.15) is 6.54 Å². The SMILES string of the molecule is CCCC(NC)C(=O)C(=O)NCC(F)(F)F. The molecule has 0 radical (unpaired) electrons. The van der Waals surface area contributed by atoms with Gasteiger partial charge in [0.25, 0.3) is 5.91 Å². The number of rotatable bonds is 6. The summed E-state index contributed by atoms with van der Waals surface area (Å²) in [6.45, 7) is 0.325. The third-order valence-corrected chi connectivity index (χ3v) is 1.92. The molecule has 4 nitrogen and oxygen atoms in total. The molecule has 0 aromatic rings. The van der Waals surface area contributed by atoms with Crippen LogP contribution in [-0.4, -0.2) is 37.5 Å². The van der Waals surface area contributed by atoms with Crippen LogP contribution in [0.25, 0.3) is 0 Å². The Kier molecular flexibility index (Phi) is 6.02. The Morgan fingerprint density at radius 3 is 2.25 bits per heavy atom. The average Bonchev–Trinajstić information content (AvgIpc) is 2.20. The van der Waals surface area contributed by atoms with Crippen molar-refractivity contribution in [2.75, 3.05) is 13.6 Å². The summed E-state index contributed by atoms with van der Waals surface area (Å²) in [6, 6.07) is -0.724. The van der Waals surface area contributed by atoms with Crippen LogP contribution in [0.5, 0.6) is 0 Å². The molecular formula is C9H15F3N2O2. The highest BCUT2D eigenvalue weighted by Gasteiger charge is 2.30. The van der Waals surface area contributed by atoms with Gasteiger partial charge < -0.3 is 10.6 Å². The van der Waals surface area contributed by atoms with Gasteiger partial charge in [-0.25, -0.2) is 0 Å². The van der Waals surface area contributed by atoms with Crippen LogP contribution in [0.15, 0.2) is 0 Å². The number of ketones is 1. The van der Waals surface area contributed by atoms with Crippen LogP contribution in [0.3, 0.4) is 0 Å². The molecule has 0 aliphatic rings. The molecule has 0 aromatic heterocycles. The lowest BCUT2D eigenvalue weighted by atomic mass is 10.1. The number of halogens is 3. The van der Waals surface area contributed by atoms with E-state index >= 15 is 0 Å². The first-order valence-corrected chi connectivity index (χ1v) is 4.88. The van der Waals surface area contributed by atoms with Crippen molar-refractivity contribution in [3.05, 3.63) is 0 Å². The maximum absolute atomic E-state index is 11.8. The largest absolute Gasteiger partial charge is 0.405 e. The molecule has 0 spiro atoms. The zero-order valence-electron chi connectivity index (χ0n) is 9.15. The van der Waals surface area contributed by atoms with Crippen molar-refractivity contribution in [2.45, 2.75) is 32.0 Å². The number of hydrogen-bond acceptors (Lipinski definition) is 3. The van der Waals surface area contributed by atoms with E-state index in [1.165, 1.54) is 7.05 Å². The monoisotopic (exact) mass is 240 g/mol. The topological polar surface area (TPSA) is 58.2 Å². The van der Waals surface area contributed by atoms with E-state index in [1.54, 1.807) is 5.32 Å². The Morgan fingerprint density at radius 1 is 1.31 bits per heavy atom. The molecule has 0 aliphatic heterocycles. The van der Waals surface area contributed by atoms with Crippen molar-refractivity contribution in [2.24, 2.45) is 0 Å². The van der Waals surface area contributed by atoms with Crippen LogP contribution in [0.4, 0.5) is 13.2 Å². The molecule has 0 bridgehead atoms. The smallest absolute Gasteiger partial charge is 0.340 e. The summed E-state index contributed by atoms with van der Waals surface area (Å²) in [7, 11) is 1.48. The molecule has 0 heterocycles. The fourth-order valence-corrected chi connectivity index (χ4v) is 1.12. The van der Waals surface area contributed by atoms with Crippen molar-refractivity contribution in [3.63, 3.8) is 0 Å². The summed E-state index contributed by atoms with van der Waals surface area (Å²) in [6.07, 6.45) is -3.44. The van der Waals surface area contributed by atoms with Gasteiger partial charge in [-0.2, -0.15) is 13.2 Å². The first-order chi connectivity index (χ1) is 7.31. The maximum Gasteiger partial charge on any atom is 0.405 e. The van der Waals surface area contributed by atoms with Gasteiger partial charge in [-0.1, -0.05) is 13.3 Å². The van der Waals surface area contributed by atoms with Crippen molar-refractivity contribution in [1.29, 1.82) is 0 Å². The fourth-order valence-electron chi connectivity index (χ4n) is 1.12. The first kappa shape index (κ1) is 14.9. The van der Waals surface area contributed by atoms with Gasteiger partial charge in [0, 0.05) is 0 Å². The van der Waals surface area contributed by atoms with Crippen molar-refractivity contribution in [3.8, 4) is 0 Å². The molecule has 7 heteroatoms. The molecule has 94 valence electrons. The highest BCUT2D eigenvalue weighted by atomic mass is 19.4. The van der Waals surface area contributed by atoms with Gasteiger partial charge in [-0.15, -0.1) is 0 Å². The van der Waals surface area contributed by atoms with E-state index in [-0.39, 0.29) is 0 Å². The van der Waals surface area contributed by atoms with Gasteiger partial charge in [-0.3, -0.25) is 9.59 Å². The van der Waals surface area contributed by atoms with Gasteiger partial charge >= 0.3 is 6.18 Å². The fraction of sp³-hybridized carbons (Fsp3) is 0.778. The lowest BCUT2D eigenvalue weighted by Gasteiger charge is -2.14. The minimum absolute atomic E-state index is 0.411. The third kappa shape index (κ3) is 5.69. The van der Waals surface area contributed by atoms with Crippen molar-refractivity contribution in [1.82, 2.24) is 10.6 Å². The minimum atomic E-state index is -4.50. The lowest BCUT2D eigenvalue weighted by Crippen LogP contribution is -2.46. The first-order valence-electron chi connectivity index (χ1n) is 4.88. The Hall–Kier alpha value is -1.11. The summed E-state index contributed by atoms with van der Waals surface area (Å²) in [5.41, 5.74) is 0. The van der Waals surface area contributed by atoms with E-state index in [4.69, 9.17) is 0 Å². The summed E-state index contributed by atoms with van der Waals surface area (Å²) in [5.74, 6) is -2.07. The molecule has 0 rings (SSSR count). The second-order valence-corrected chi connectivity index (χ2v) is 3.29. The zero-order valence-corrected chi connectivity index (χ0v) is 9.15. The Labute approximate surface area is 91.6 Å². The quantitative estimate of drug-likeness (QED) is 0.669. The number of Topliss-reactive ketones (excluding diaryl/α,β-unsaturated/α-hetero) is 1. The summed E-state index contributed by atoms with van der Waals surface area (Å²) in [5, 5.41) is 4.13. The van der Waals surface area contributed by atoms with Gasteiger partial charge in [0.2, 0.25) is 5.78 Å². The van der Waals surface area contributed by atoms with Crippen LogP contribution in [0.2, 0.25) is 0 Å². The number of carbonyl (C=O) groups is 2. The van der Waals surface area contributed by atoms with E-state index in [2.05, 4.69) is 5.32 Å².